The zero-order chi connectivity index (χ0) is 26.4. The fraction of sp³-hybridized carbons (Fsp3) is 0.259. The van der Waals surface area contributed by atoms with Crippen molar-refractivity contribution in [2.45, 2.75) is 44.4 Å². The number of amides is 1. The molecule has 10 nitrogen and oxygen atoms in total. The minimum absolute atomic E-state index is 0.0465. The molecule has 6 bridgehead atoms. The normalized spacial score (nSPS) is 18.4. The molecule has 2 aliphatic rings. The topological polar surface area (TPSA) is 119 Å². The highest BCUT2D eigenvalue weighted by atomic mass is 32.2. The van der Waals surface area contributed by atoms with Gasteiger partial charge in [-0.3, -0.25) is 9.48 Å². The highest BCUT2D eigenvalue weighted by Crippen LogP contribution is 2.34. The predicted octanol–water partition coefficient (Wildman–Crippen LogP) is 3.62. The number of fused-ring (bicyclic) bond motifs is 8. The molecule has 194 valence electrons. The summed E-state index contributed by atoms with van der Waals surface area (Å²) in [6.45, 7) is 5.00. The van der Waals surface area contributed by atoms with Gasteiger partial charge in [0, 0.05) is 37.3 Å². The van der Waals surface area contributed by atoms with Gasteiger partial charge in [0.2, 0.25) is 17.7 Å². The summed E-state index contributed by atoms with van der Waals surface area (Å²) >= 11 is 0. The van der Waals surface area contributed by atoms with Gasteiger partial charge in [-0.05, 0) is 36.1 Å². The van der Waals surface area contributed by atoms with Crippen molar-refractivity contribution in [2.24, 2.45) is 0 Å². The molecular formula is C27H26N6O4S. The van der Waals surface area contributed by atoms with Crippen molar-refractivity contribution in [2.75, 3.05) is 11.3 Å². The van der Waals surface area contributed by atoms with Gasteiger partial charge in [0.1, 0.15) is 11.0 Å². The van der Waals surface area contributed by atoms with Gasteiger partial charge in [0.15, 0.2) is 0 Å². The van der Waals surface area contributed by atoms with Crippen molar-refractivity contribution in [1.82, 2.24) is 24.6 Å². The van der Waals surface area contributed by atoms with E-state index in [0.29, 0.717) is 18.8 Å². The van der Waals surface area contributed by atoms with Crippen LogP contribution in [0.1, 0.15) is 34.8 Å². The van der Waals surface area contributed by atoms with Crippen LogP contribution in [-0.2, 0) is 27.9 Å². The zero-order valence-corrected chi connectivity index (χ0v) is 21.8. The van der Waals surface area contributed by atoms with Crippen molar-refractivity contribution >= 4 is 21.9 Å². The molecule has 0 aliphatic carbocycles. The molecule has 0 fully saturated rings. The maximum Gasteiger partial charge on any atom is 0.267 e. The van der Waals surface area contributed by atoms with Gasteiger partial charge in [0.25, 0.3) is 10.0 Å². The molecule has 4 heterocycles. The number of carbonyl (C=O) groups is 1. The molecule has 1 atom stereocenters. The number of ether oxygens (including phenoxy) is 1. The van der Waals surface area contributed by atoms with Crippen LogP contribution < -0.4 is 9.46 Å². The van der Waals surface area contributed by atoms with E-state index in [4.69, 9.17) is 4.74 Å². The Morgan fingerprint density at radius 1 is 1.05 bits per heavy atom. The monoisotopic (exact) mass is 530 g/mol. The minimum Gasteiger partial charge on any atom is -0.467 e. The molecule has 11 heteroatoms. The third kappa shape index (κ3) is 4.49. The lowest BCUT2D eigenvalue weighted by Gasteiger charge is -2.34. The SMILES string of the molecule is Cc1cccc(C)c1-c1cc2nc(n1)NS(=O)(=O)c1cnn(c1)CCC(=O)N1Cc3ccccc3C(C1)O2. The fourth-order valence-electron chi connectivity index (χ4n) is 5.03. The summed E-state index contributed by atoms with van der Waals surface area (Å²) in [4.78, 5) is 23.9. The van der Waals surface area contributed by atoms with Crippen LogP contribution in [-0.4, -0.2) is 45.5 Å². The first kappa shape index (κ1) is 24.1. The Morgan fingerprint density at radius 2 is 1.84 bits per heavy atom. The van der Waals surface area contributed by atoms with Gasteiger partial charge in [-0.25, -0.2) is 18.1 Å². The van der Waals surface area contributed by atoms with Crippen LogP contribution in [0.2, 0.25) is 0 Å². The van der Waals surface area contributed by atoms with Crippen LogP contribution in [0.5, 0.6) is 5.88 Å². The molecule has 1 N–H and O–H groups in total. The number of aromatic nitrogens is 4. The summed E-state index contributed by atoms with van der Waals surface area (Å²) in [6, 6.07) is 15.5. The number of aryl methyl sites for hydroxylation is 3. The second kappa shape index (κ2) is 9.25. The molecule has 1 amide bonds. The highest BCUT2D eigenvalue weighted by Gasteiger charge is 2.30. The molecule has 38 heavy (non-hydrogen) atoms. The van der Waals surface area contributed by atoms with E-state index < -0.39 is 16.1 Å². The molecule has 4 aromatic rings. The smallest absolute Gasteiger partial charge is 0.267 e. The largest absolute Gasteiger partial charge is 0.467 e. The second-order valence-electron chi connectivity index (χ2n) is 9.56. The number of nitrogens with one attached hydrogen (secondary N) is 1. The van der Waals surface area contributed by atoms with Gasteiger partial charge < -0.3 is 9.64 Å². The predicted molar refractivity (Wildman–Crippen MR) is 140 cm³/mol. The van der Waals surface area contributed by atoms with Crippen molar-refractivity contribution in [3.8, 4) is 17.1 Å². The number of hydrogen-bond acceptors (Lipinski definition) is 7. The summed E-state index contributed by atoms with van der Waals surface area (Å²) in [6.07, 6.45) is 2.33. The number of nitrogens with zero attached hydrogens (tertiary/aromatic N) is 5. The van der Waals surface area contributed by atoms with E-state index >= 15 is 0 Å². The summed E-state index contributed by atoms with van der Waals surface area (Å²) < 4.78 is 36.8. The van der Waals surface area contributed by atoms with E-state index in [1.807, 2.05) is 56.3 Å². The average Bonchev–Trinajstić information content (AvgIpc) is 3.37. The number of hydrogen-bond donors (Lipinski definition) is 1. The zero-order valence-electron chi connectivity index (χ0n) is 21.0. The van der Waals surface area contributed by atoms with E-state index in [2.05, 4.69) is 19.8 Å². The number of carbonyl (C=O) groups excluding carboxylic acids is 1. The Balaban J connectivity index is 1.52. The number of benzene rings is 2. The van der Waals surface area contributed by atoms with Crippen LogP contribution in [0.15, 0.2) is 65.8 Å². The molecule has 0 saturated heterocycles. The minimum atomic E-state index is -4.04. The Bertz CT molecular complexity index is 1650. The van der Waals surface area contributed by atoms with E-state index in [9.17, 15) is 13.2 Å². The number of rotatable bonds is 1. The Labute approximate surface area is 220 Å². The van der Waals surface area contributed by atoms with E-state index in [-0.39, 0.29) is 35.6 Å². The summed E-state index contributed by atoms with van der Waals surface area (Å²) in [7, 11) is -4.04. The second-order valence-corrected chi connectivity index (χ2v) is 11.2. The molecular weight excluding hydrogens is 504 g/mol. The maximum atomic E-state index is 13.2. The van der Waals surface area contributed by atoms with Crippen LogP contribution in [0.4, 0.5) is 5.95 Å². The lowest BCUT2D eigenvalue weighted by Crippen LogP contribution is -2.40. The lowest BCUT2D eigenvalue weighted by molar-refractivity contribution is -0.134. The highest BCUT2D eigenvalue weighted by molar-refractivity contribution is 7.92. The molecule has 0 radical (unpaired) electrons. The summed E-state index contributed by atoms with van der Waals surface area (Å²) in [5.41, 5.74) is 5.32. The van der Waals surface area contributed by atoms with Gasteiger partial charge in [0.05, 0.1) is 18.4 Å². The number of anilines is 1. The van der Waals surface area contributed by atoms with Crippen LogP contribution >= 0.6 is 0 Å². The lowest BCUT2D eigenvalue weighted by atomic mass is 9.97. The van der Waals surface area contributed by atoms with E-state index in [0.717, 1.165) is 27.8 Å². The molecule has 6 rings (SSSR count). The first-order valence-electron chi connectivity index (χ1n) is 12.3. The first-order chi connectivity index (χ1) is 18.3. The van der Waals surface area contributed by atoms with Crippen molar-refractivity contribution in [1.29, 1.82) is 0 Å². The molecule has 1 unspecified atom stereocenters. The van der Waals surface area contributed by atoms with Gasteiger partial charge in [-0.15, -0.1) is 0 Å². The van der Waals surface area contributed by atoms with Crippen molar-refractivity contribution in [3.05, 3.63) is 83.2 Å². The van der Waals surface area contributed by atoms with Crippen LogP contribution in [0, 0.1) is 13.8 Å². The molecule has 0 saturated carbocycles. The van der Waals surface area contributed by atoms with E-state index in [1.165, 1.54) is 17.1 Å². The van der Waals surface area contributed by atoms with Gasteiger partial charge >= 0.3 is 0 Å². The van der Waals surface area contributed by atoms with Gasteiger partial charge in [-0.1, -0.05) is 42.5 Å². The van der Waals surface area contributed by atoms with Crippen molar-refractivity contribution < 1.29 is 17.9 Å². The summed E-state index contributed by atoms with van der Waals surface area (Å²) in [5, 5.41) is 4.15. The third-order valence-corrected chi connectivity index (χ3v) is 8.19. The van der Waals surface area contributed by atoms with Crippen molar-refractivity contribution in [3.63, 3.8) is 0 Å². The van der Waals surface area contributed by atoms with Crippen LogP contribution in [0.3, 0.4) is 0 Å². The maximum absolute atomic E-state index is 13.2. The molecule has 0 spiro atoms. The Hall–Kier alpha value is -4.25. The summed E-state index contributed by atoms with van der Waals surface area (Å²) in [5.74, 6) is 0.0235. The Kier molecular flexibility index (Phi) is 5.87. The molecule has 2 aromatic carbocycles. The quantitative estimate of drug-likeness (QED) is 0.399. The first-order valence-corrected chi connectivity index (χ1v) is 13.8. The van der Waals surface area contributed by atoms with Gasteiger partial charge in [-0.2, -0.15) is 10.1 Å². The molecule has 2 aromatic heterocycles. The average molecular weight is 531 g/mol. The van der Waals surface area contributed by atoms with E-state index in [1.54, 1.807) is 11.0 Å². The molecule has 2 aliphatic heterocycles. The standard InChI is InChI=1S/C27H26N6O4S/c1-17-6-5-7-18(2)26(17)22-12-24-30-27(29-22)31-38(35,36)20-13-28-33(15-20)11-10-25(34)32-14-19-8-3-4-9-21(19)23(16-32)37-24/h3-9,12-13,15,23H,10-11,14,16H2,1-2H3,(H,29,30,31). The fourth-order valence-corrected chi connectivity index (χ4v) is 5.92. The Morgan fingerprint density at radius 3 is 2.66 bits per heavy atom. The third-order valence-electron chi connectivity index (χ3n) is 6.91. The van der Waals surface area contributed by atoms with Crippen LogP contribution in [0.25, 0.3) is 11.3 Å². The number of sulfonamides is 1.